The van der Waals surface area contributed by atoms with E-state index in [1.807, 2.05) is 11.8 Å². The highest BCUT2D eigenvalue weighted by molar-refractivity contribution is 9.10. The molecule has 0 spiro atoms. The van der Waals surface area contributed by atoms with Crippen LogP contribution in [0, 0.1) is 0 Å². The van der Waals surface area contributed by atoms with Gasteiger partial charge < -0.3 is 0 Å². The summed E-state index contributed by atoms with van der Waals surface area (Å²) >= 11 is 11.0. The normalized spacial score (nSPS) is 10.2. The van der Waals surface area contributed by atoms with Gasteiger partial charge in [-0.25, -0.2) is 0 Å². The van der Waals surface area contributed by atoms with Crippen LogP contribution >= 0.6 is 39.3 Å². The fraction of sp³-hybridized carbons (Fsp3) is 0.333. The van der Waals surface area contributed by atoms with Crippen LogP contribution in [0.2, 0.25) is 0 Å². The van der Waals surface area contributed by atoms with Gasteiger partial charge in [-0.15, -0.1) is 23.4 Å². The Morgan fingerprint density at radius 3 is 2.75 bits per heavy atom. The molecule has 0 amide bonds. The Kier molecular flexibility index (Phi) is 4.47. The molecule has 66 valence electrons. The molecule has 0 aliphatic heterocycles. The van der Waals surface area contributed by atoms with Gasteiger partial charge in [-0.2, -0.15) is 0 Å². The molecule has 0 nitrogen and oxygen atoms in total. The van der Waals surface area contributed by atoms with Crippen molar-refractivity contribution in [1.29, 1.82) is 0 Å². The minimum Gasteiger partial charge on any atom is -0.126 e. The van der Waals surface area contributed by atoms with Gasteiger partial charge >= 0.3 is 0 Å². The number of alkyl halides is 1. The Morgan fingerprint density at radius 1 is 1.50 bits per heavy atom. The van der Waals surface area contributed by atoms with E-state index in [9.17, 15) is 0 Å². The zero-order valence-corrected chi connectivity index (χ0v) is 9.97. The Bertz CT molecular complexity index is 263. The van der Waals surface area contributed by atoms with E-state index < -0.39 is 0 Å². The summed E-state index contributed by atoms with van der Waals surface area (Å²) in [5.41, 5.74) is 1.15. The average molecular weight is 266 g/mol. The van der Waals surface area contributed by atoms with Crippen LogP contribution in [0.25, 0.3) is 0 Å². The van der Waals surface area contributed by atoms with Crippen molar-refractivity contribution in [2.45, 2.75) is 17.7 Å². The van der Waals surface area contributed by atoms with E-state index in [0.717, 1.165) is 15.8 Å². The predicted octanol–water partition coefficient (Wildman–Crippen LogP) is 4.30. The molecular formula is C9H10BrClS. The van der Waals surface area contributed by atoms with Crippen LogP contribution in [0.1, 0.15) is 12.5 Å². The number of halogens is 2. The first-order chi connectivity index (χ1) is 5.77. The van der Waals surface area contributed by atoms with E-state index in [0.29, 0.717) is 5.88 Å². The standard InChI is InChI=1S/C9H10BrClS/c1-2-12-8-4-3-7(6-11)9(10)5-8/h3-5H,2,6H2,1H3. The molecule has 3 heteroatoms. The lowest BCUT2D eigenvalue weighted by atomic mass is 10.2. The molecule has 0 aromatic heterocycles. The molecule has 1 rings (SSSR count). The number of benzene rings is 1. The molecule has 0 aliphatic carbocycles. The molecule has 12 heavy (non-hydrogen) atoms. The Morgan fingerprint density at radius 2 is 2.25 bits per heavy atom. The lowest BCUT2D eigenvalue weighted by molar-refractivity contribution is 1.30. The molecule has 0 fully saturated rings. The van der Waals surface area contributed by atoms with Gasteiger partial charge in [0.15, 0.2) is 0 Å². The first-order valence-electron chi connectivity index (χ1n) is 3.75. The molecule has 0 aliphatic rings. The third-order valence-corrected chi connectivity index (χ3v) is 3.38. The van der Waals surface area contributed by atoms with Crippen LogP contribution in [0.15, 0.2) is 27.6 Å². The van der Waals surface area contributed by atoms with Gasteiger partial charge in [-0.3, -0.25) is 0 Å². The van der Waals surface area contributed by atoms with Gasteiger partial charge in [0, 0.05) is 15.2 Å². The van der Waals surface area contributed by atoms with Gasteiger partial charge in [0.05, 0.1) is 0 Å². The van der Waals surface area contributed by atoms with Crippen LogP contribution < -0.4 is 0 Å². The Labute approximate surface area is 90.8 Å². The average Bonchev–Trinajstić information content (AvgIpc) is 2.05. The van der Waals surface area contributed by atoms with Gasteiger partial charge in [0.25, 0.3) is 0 Å². The largest absolute Gasteiger partial charge is 0.126 e. The lowest BCUT2D eigenvalue weighted by Crippen LogP contribution is -1.81. The van der Waals surface area contributed by atoms with E-state index in [-0.39, 0.29) is 0 Å². The number of hydrogen-bond donors (Lipinski definition) is 0. The van der Waals surface area contributed by atoms with Crippen molar-refractivity contribution < 1.29 is 0 Å². The second kappa shape index (κ2) is 5.15. The smallest absolute Gasteiger partial charge is 0.0485 e. The summed E-state index contributed by atoms with van der Waals surface area (Å²) in [5.74, 6) is 1.67. The second-order valence-electron chi connectivity index (χ2n) is 2.32. The molecule has 1 aromatic carbocycles. The Hall–Kier alpha value is 0.340. The molecule has 0 bridgehead atoms. The maximum absolute atomic E-state index is 5.72. The van der Waals surface area contributed by atoms with Crippen LogP contribution in [0.3, 0.4) is 0 Å². The first kappa shape index (κ1) is 10.4. The SMILES string of the molecule is CCSc1ccc(CCl)c(Br)c1. The molecule has 0 saturated heterocycles. The zero-order valence-electron chi connectivity index (χ0n) is 6.81. The molecular weight excluding hydrogens is 256 g/mol. The van der Waals surface area contributed by atoms with Crippen molar-refractivity contribution in [2.75, 3.05) is 5.75 Å². The monoisotopic (exact) mass is 264 g/mol. The van der Waals surface area contributed by atoms with Crippen molar-refractivity contribution >= 4 is 39.3 Å². The summed E-state index contributed by atoms with van der Waals surface area (Å²) < 4.78 is 1.11. The fourth-order valence-corrected chi connectivity index (χ4v) is 2.66. The van der Waals surface area contributed by atoms with E-state index >= 15 is 0 Å². The van der Waals surface area contributed by atoms with E-state index in [1.54, 1.807) is 0 Å². The van der Waals surface area contributed by atoms with Gasteiger partial charge in [0.2, 0.25) is 0 Å². The molecule has 0 radical (unpaired) electrons. The summed E-state index contributed by atoms with van der Waals surface area (Å²) in [4.78, 5) is 1.29. The highest BCUT2D eigenvalue weighted by atomic mass is 79.9. The van der Waals surface area contributed by atoms with Crippen molar-refractivity contribution in [3.05, 3.63) is 28.2 Å². The molecule has 0 heterocycles. The summed E-state index contributed by atoms with van der Waals surface area (Å²) in [6, 6.07) is 6.29. The van der Waals surface area contributed by atoms with Crippen molar-refractivity contribution in [2.24, 2.45) is 0 Å². The molecule has 0 unspecified atom stereocenters. The highest BCUT2D eigenvalue weighted by Gasteiger charge is 1.99. The molecule has 1 aromatic rings. The third kappa shape index (κ3) is 2.68. The summed E-state index contributed by atoms with van der Waals surface area (Å²) in [7, 11) is 0. The summed E-state index contributed by atoms with van der Waals surface area (Å²) in [6.45, 7) is 2.15. The number of rotatable bonds is 3. The van der Waals surface area contributed by atoms with E-state index in [1.165, 1.54) is 4.90 Å². The van der Waals surface area contributed by atoms with E-state index in [2.05, 4.69) is 41.1 Å². The van der Waals surface area contributed by atoms with Gasteiger partial charge in [-0.1, -0.05) is 28.9 Å². The topological polar surface area (TPSA) is 0 Å². The van der Waals surface area contributed by atoms with Crippen LogP contribution in [-0.2, 0) is 5.88 Å². The van der Waals surface area contributed by atoms with Gasteiger partial charge in [0.1, 0.15) is 0 Å². The zero-order chi connectivity index (χ0) is 8.97. The predicted molar refractivity (Wildman–Crippen MR) is 60.1 cm³/mol. The number of hydrogen-bond acceptors (Lipinski definition) is 1. The minimum absolute atomic E-state index is 0.567. The molecule has 0 N–H and O–H groups in total. The number of thioether (sulfide) groups is 1. The highest BCUT2D eigenvalue weighted by Crippen LogP contribution is 2.25. The van der Waals surface area contributed by atoms with Gasteiger partial charge in [-0.05, 0) is 23.4 Å². The van der Waals surface area contributed by atoms with Crippen LogP contribution in [0.5, 0.6) is 0 Å². The van der Waals surface area contributed by atoms with Crippen LogP contribution in [0.4, 0.5) is 0 Å². The molecule has 0 atom stereocenters. The quantitative estimate of drug-likeness (QED) is 0.580. The maximum atomic E-state index is 5.72. The first-order valence-corrected chi connectivity index (χ1v) is 6.06. The van der Waals surface area contributed by atoms with Crippen molar-refractivity contribution in [3.8, 4) is 0 Å². The maximum Gasteiger partial charge on any atom is 0.0485 e. The lowest BCUT2D eigenvalue weighted by Gasteiger charge is -2.02. The third-order valence-electron chi connectivity index (χ3n) is 1.48. The minimum atomic E-state index is 0.567. The van der Waals surface area contributed by atoms with E-state index in [4.69, 9.17) is 11.6 Å². The summed E-state index contributed by atoms with van der Waals surface area (Å²) in [6.07, 6.45) is 0. The Balaban J connectivity index is 2.86. The van der Waals surface area contributed by atoms with Crippen molar-refractivity contribution in [1.82, 2.24) is 0 Å². The second-order valence-corrected chi connectivity index (χ2v) is 4.78. The molecule has 0 saturated carbocycles. The summed E-state index contributed by atoms with van der Waals surface area (Å²) in [5, 5.41) is 0. The van der Waals surface area contributed by atoms with Crippen molar-refractivity contribution in [3.63, 3.8) is 0 Å². The fourth-order valence-electron chi connectivity index (χ4n) is 0.893. The van der Waals surface area contributed by atoms with Crippen LogP contribution in [-0.4, -0.2) is 5.75 Å².